The molecule has 0 radical (unpaired) electrons. The maximum Gasteiger partial charge on any atom is 0.148 e. The maximum atomic E-state index is 4.86. The summed E-state index contributed by atoms with van der Waals surface area (Å²) >= 11 is 0. The van der Waals surface area contributed by atoms with E-state index < -0.39 is 0 Å². The first-order chi connectivity index (χ1) is 12.6. The molecule has 2 aromatic carbocycles. The third kappa shape index (κ3) is 3.36. The normalized spacial score (nSPS) is 15.4. The zero-order valence-corrected chi connectivity index (χ0v) is 15.8. The number of fused-ring (bicyclic) bond motifs is 1. The Morgan fingerprint density at radius 2 is 1.50 bits per heavy atom. The number of piperidine rings is 1. The van der Waals surface area contributed by atoms with Gasteiger partial charge < -0.3 is 10.2 Å². The molecule has 4 heteroatoms. The second kappa shape index (κ2) is 6.94. The van der Waals surface area contributed by atoms with Gasteiger partial charge in [-0.1, -0.05) is 18.2 Å². The minimum atomic E-state index is 0.451. The number of aromatic nitrogens is 2. The van der Waals surface area contributed by atoms with E-state index in [2.05, 4.69) is 66.5 Å². The van der Waals surface area contributed by atoms with Gasteiger partial charge in [-0.05, 0) is 69.0 Å². The molecule has 0 saturated carbocycles. The lowest BCUT2D eigenvalue weighted by atomic mass is 10.0. The number of benzene rings is 2. The molecular formula is C22H26N4. The Kier molecular flexibility index (Phi) is 4.49. The van der Waals surface area contributed by atoms with E-state index in [-0.39, 0.29) is 0 Å². The van der Waals surface area contributed by atoms with Gasteiger partial charge in [0.2, 0.25) is 0 Å². The summed E-state index contributed by atoms with van der Waals surface area (Å²) in [5.74, 6) is 0.930. The van der Waals surface area contributed by atoms with E-state index in [0.717, 1.165) is 48.5 Å². The quantitative estimate of drug-likeness (QED) is 0.750. The largest absolute Gasteiger partial charge is 0.371 e. The van der Waals surface area contributed by atoms with Crippen LogP contribution in [-0.4, -0.2) is 29.1 Å². The fourth-order valence-corrected chi connectivity index (χ4v) is 3.65. The van der Waals surface area contributed by atoms with E-state index in [9.17, 15) is 0 Å². The molecule has 0 spiro atoms. The van der Waals surface area contributed by atoms with Crippen molar-refractivity contribution in [2.45, 2.75) is 39.7 Å². The number of hydrogen-bond acceptors (Lipinski definition) is 4. The second-order valence-electron chi connectivity index (χ2n) is 7.32. The Balaban J connectivity index is 1.48. The van der Waals surface area contributed by atoms with E-state index in [1.165, 1.54) is 16.8 Å². The van der Waals surface area contributed by atoms with Crippen LogP contribution in [0.5, 0.6) is 0 Å². The summed E-state index contributed by atoms with van der Waals surface area (Å²) in [6.07, 6.45) is 2.22. The molecule has 1 fully saturated rings. The smallest absolute Gasteiger partial charge is 0.148 e. The molecule has 0 atom stereocenters. The molecule has 4 nitrogen and oxygen atoms in total. The van der Waals surface area contributed by atoms with Crippen LogP contribution in [0.15, 0.2) is 42.5 Å². The molecule has 0 unspecified atom stereocenters. The van der Waals surface area contributed by atoms with Crippen molar-refractivity contribution in [2.24, 2.45) is 0 Å². The summed E-state index contributed by atoms with van der Waals surface area (Å²) in [5.41, 5.74) is 6.78. The minimum Gasteiger partial charge on any atom is -0.371 e. The topological polar surface area (TPSA) is 41.1 Å². The lowest BCUT2D eigenvalue weighted by Crippen LogP contribution is -2.39. The molecule has 134 valence electrons. The van der Waals surface area contributed by atoms with Crippen LogP contribution in [0, 0.1) is 20.8 Å². The lowest BCUT2D eigenvalue weighted by Gasteiger charge is -2.34. The predicted octanol–water partition coefficient (Wildman–Crippen LogP) is 4.64. The Morgan fingerprint density at radius 1 is 0.885 bits per heavy atom. The lowest BCUT2D eigenvalue weighted by molar-refractivity contribution is 0.525. The summed E-state index contributed by atoms with van der Waals surface area (Å²) in [7, 11) is 0. The third-order valence-electron chi connectivity index (χ3n) is 5.41. The Bertz CT molecular complexity index is 912. The SMILES string of the molecule is Cc1cc2nc(C)c(NC3CCN(c4ccccc4)CC3)nc2cc1C. The van der Waals surface area contributed by atoms with E-state index in [0.29, 0.717) is 6.04 Å². The average Bonchev–Trinajstić information content (AvgIpc) is 2.65. The van der Waals surface area contributed by atoms with Crippen molar-refractivity contribution in [1.82, 2.24) is 9.97 Å². The van der Waals surface area contributed by atoms with E-state index >= 15 is 0 Å². The number of rotatable bonds is 3. The standard InChI is InChI=1S/C22H26N4/c1-15-13-20-21(14-16(15)2)25-22(17(3)23-20)24-18-9-11-26(12-10-18)19-7-5-4-6-8-19/h4-8,13-14,18H,9-12H2,1-3H3,(H,24,25). The molecule has 4 rings (SSSR count). The molecule has 2 heterocycles. The van der Waals surface area contributed by atoms with E-state index in [1.54, 1.807) is 0 Å². The van der Waals surface area contributed by atoms with E-state index in [1.807, 2.05) is 6.92 Å². The highest BCUT2D eigenvalue weighted by Crippen LogP contribution is 2.24. The molecule has 1 N–H and O–H groups in total. The molecule has 1 saturated heterocycles. The van der Waals surface area contributed by atoms with Crippen LogP contribution >= 0.6 is 0 Å². The number of hydrogen-bond donors (Lipinski definition) is 1. The van der Waals surface area contributed by atoms with Crippen molar-refractivity contribution in [2.75, 3.05) is 23.3 Å². The highest BCUT2D eigenvalue weighted by atomic mass is 15.2. The highest BCUT2D eigenvalue weighted by molar-refractivity contribution is 5.78. The summed E-state index contributed by atoms with van der Waals surface area (Å²) in [6.45, 7) is 8.43. The Hall–Kier alpha value is -2.62. The van der Waals surface area contributed by atoms with Gasteiger partial charge in [0.25, 0.3) is 0 Å². The zero-order valence-electron chi connectivity index (χ0n) is 15.8. The minimum absolute atomic E-state index is 0.451. The fourth-order valence-electron chi connectivity index (χ4n) is 3.65. The molecule has 1 aromatic heterocycles. The van der Waals surface area contributed by atoms with Crippen LogP contribution in [0.3, 0.4) is 0 Å². The van der Waals surface area contributed by atoms with Crippen LogP contribution in [0.1, 0.15) is 29.7 Å². The molecule has 0 bridgehead atoms. The number of nitrogens with zero attached hydrogens (tertiary/aromatic N) is 3. The maximum absolute atomic E-state index is 4.86. The predicted molar refractivity (Wildman–Crippen MR) is 109 cm³/mol. The van der Waals surface area contributed by atoms with Gasteiger partial charge >= 0.3 is 0 Å². The first kappa shape index (κ1) is 16.8. The van der Waals surface area contributed by atoms with Crippen molar-refractivity contribution in [1.29, 1.82) is 0 Å². The summed E-state index contributed by atoms with van der Waals surface area (Å²) in [5, 5.41) is 3.65. The summed E-state index contributed by atoms with van der Waals surface area (Å²) in [6, 6.07) is 15.4. The average molecular weight is 346 g/mol. The first-order valence-electron chi connectivity index (χ1n) is 9.42. The van der Waals surface area contributed by atoms with Crippen LogP contribution in [-0.2, 0) is 0 Å². The number of nitrogens with one attached hydrogen (secondary N) is 1. The van der Waals surface area contributed by atoms with Crippen molar-refractivity contribution >= 4 is 22.5 Å². The van der Waals surface area contributed by atoms with Gasteiger partial charge in [0.15, 0.2) is 0 Å². The van der Waals surface area contributed by atoms with Gasteiger partial charge in [-0.2, -0.15) is 0 Å². The Labute approximate surface area is 155 Å². The van der Waals surface area contributed by atoms with Crippen LogP contribution in [0.4, 0.5) is 11.5 Å². The van der Waals surface area contributed by atoms with Crippen molar-refractivity contribution < 1.29 is 0 Å². The van der Waals surface area contributed by atoms with Gasteiger partial charge in [-0.25, -0.2) is 9.97 Å². The molecule has 0 aliphatic carbocycles. The molecule has 3 aromatic rings. The molecule has 1 aliphatic heterocycles. The van der Waals surface area contributed by atoms with Crippen LogP contribution in [0.2, 0.25) is 0 Å². The van der Waals surface area contributed by atoms with Crippen molar-refractivity contribution in [3.05, 3.63) is 59.3 Å². The molecule has 1 aliphatic rings. The van der Waals surface area contributed by atoms with Gasteiger partial charge in [-0.15, -0.1) is 0 Å². The van der Waals surface area contributed by atoms with Crippen LogP contribution in [0.25, 0.3) is 11.0 Å². The van der Waals surface area contributed by atoms with Crippen molar-refractivity contribution in [3.63, 3.8) is 0 Å². The first-order valence-corrected chi connectivity index (χ1v) is 9.42. The monoisotopic (exact) mass is 346 g/mol. The summed E-state index contributed by atoms with van der Waals surface area (Å²) < 4.78 is 0. The number of aryl methyl sites for hydroxylation is 3. The van der Waals surface area contributed by atoms with Crippen LogP contribution < -0.4 is 10.2 Å². The van der Waals surface area contributed by atoms with E-state index in [4.69, 9.17) is 9.97 Å². The second-order valence-corrected chi connectivity index (χ2v) is 7.32. The molecule has 26 heavy (non-hydrogen) atoms. The fraction of sp³-hybridized carbons (Fsp3) is 0.364. The third-order valence-corrected chi connectivity index (χ3v) is 5.41. The van der Waals surface area contributed by atoms with Crippen molar-refractivity contribution in [3.8, 4) is 0 Å². The van der Waals surface area contributed by atoms with Gasteiger partial charge in [0.05, 0.1) is 16.7 Å². The zero-order chi connectivity index (χ0) is 18.1. The van der Waals surface area contributed by atoms with Gasteiger partial charge in [0, 0.05) is 24.8 Å². The summed E-state index contributed by atoms with van der Waals surface area (Å²) in [4.78, 5) is 12.1. The highest BCUT2D eigenvalue weighted by Gasteiger charge is 2.20. The van der Waals surface area contributed by atoms with Gasteiger partial charge in [0.1, 0.15) is 5.82 Å². The Morgan fingerprint density at radius 3 is 2.15 bits per heavy atom. The molecular weight excluding hydrogens is 320 g/mol. The van der Waals surface area contributed by atoms with Gasteiger partial charge in [-0.3, -0.25) is 0 Å². The molecule has 0 amide bonds. The number of para-hydroxylation sites is 1. The number of anilines is 2.